The molecule has 178 valence electrons. The SMILES string of the molecule is O=C(Nc1cccc(-c2nnnn2C2CC2)c1)C(Cc1ccccc1)N1C(=O)c2ccccc2C1=O. The van der Waals surface area contributed by atoms with Gasteiger partial charge in [0.2, 0.25) is 5.91 Å². The van der Waals surface area contributed by atoms with E-state index in [1.54, 1.807) is 41.1 Å². The Balaban J connectivity index is 1.31. The van der Waals surface area contributed by atoms with Crippen LogP contribution in [0.25, 0.3) is 11.4 Å². The van der Waals surface area contributed by atoms with E-state index >= 15 is 0 Å². The number of carbonyl (C=O) groups is 3. The maximum absolute atomic E-state index is 13.6. The molecule has 9 heteroatoms. The van der Waals surface area contributed by atoms with Crippen molar-refractivity contribution in [3.8, 4) is 11.4 Å². The van der Waals surface area contributed by atoms with Crippen LogP contribution in [0.5, 0.6) is 0 Å². The molecular weight excluding hydrogens is 456 g/mol. The molecule has 0 spiro atoms. The molecule has 0 saturated heterocycles. The summed E-state index contributed by atoms with van der Waals surface area (Å²) in [6, 6.07) is 22.5. The van der Waals surface area contributed by atoms with Crippen molar-refractivity contribution >= 4 is 23.4 Å². The first-order chi connectivity index (χ1) is 17.6. The molecule has 6 rings (SSSR count). The second-order valence-electron chi connectivity index (χ2n) is 8.98. The molecule has 1 saturated carbocycles. The zero-order chi connectivity index (χ0) is 24.6. The van der Waals surface area contributed by atoms with Crippen LogP contribution in [0.2, 0.25) is 0 Å². The van der Waals surface area contributed by atoms with Gasteiger partial charge in [-0.15, -0.1) is 5.10 Å². The number of hydrogen-bond donors (Lipinski definition) is 1. The van der Waals surface area contributed by atoms with E-state index in [1.165, 1.54) is 0 Å². The van der Waals surface area contributed by atoms with Crippen LogP contribution in [0.3, 0.4) is 0 Å². The van der Waals surface area contributed by atoms with E-state index in [0.29, 0.717) is 28.7 Å². The predicted molar refractivity (Wildman–Crippen MR) is 131 cm³/mol. The van der Waals surface area contributed by atoms with E-state index in [0.717, 1.165) is 28.9 Å². The summed E-state index contributed by atoms with van der Waals surface area (Å²) in [6.45, 7) is 0. The van der Waals surface area contributed by atoms with Gasteiger partial charge in [0.25, 0.3) is 11.8 Å². The smallest absolute Gasteiger partial charge is 0.262 e. The fourth-order valence-corrected chi connectivity index (χ4v) is 4.54. The lowest BCUT2D eigenvalue weighted by molar-refractivity contribution is -0.119. The van der Waals surface area contributed by atoms with Gasteiger partial charge in [-0.1, -0.05) is 54.6 Å². The van der Waals surface area contributed by atoms with Gasteiger partial charge in [-0.2, -0.15) is 0 Å². The van der Waals surface area contributed by atoms with Crippen LogP contribution in [0.4, 0.5) is 5.69 Å². The Hall–Kier alpha value is -4.66. The molecule has 0 bridgehead atoms. The molecule has 3 amide bonds. The Bertz CT molecular complexity index is 1440. The largest absolute Gasteiger partial charge is 0.324 e. The van der Waals surface area contributed by atoms with Crippen LogP contribution in [-0.2, 0) is 11.2 Å². The van der Waals surface area contributed by atoms with E-state index in [2.05, 4.69) is 20.8 Å². The van der Waals surface area contributed by atoms with Crippen LogP contribution in [0.15, 0.2) is 78.9 Å². The van der Waals surface area contributed by atoms with Crippen LogP contribution >= 0.6 is 0 Å². The molecule has 3 aromatic carbocycles. The lowest BCUT2D eigenvalue weighted by Crippen LogP contribution is -2.48. The van der Waals surface area contributed by atoms with Crippen LogP contribution in [-0.4, -0.2) is 48.9 Å². The monoisotopic (exact) mass is 478 g/mol. The maximum atomic E-state index is 13.6. The van der Waals surface area contributed by atoms with E-state index in [4.69, 9.17) is 0 Å². The van der Waals surface area contributed by atoms with E-state index in [9.17, 15) is 14.4 Å². The highest BCUT2D eigenvalue weighted by Crippen LogP contribution is 2.37. The molecule has 1 aromatic heterocycles. The minimum atomic E-state index is -1.03. The molecule has 1 aliphatic heterocycles. The van der Waals surface area contributed by atoms with Gasteiger partial charge in [0, 0.05) is 17.7 Å². The Labute approximate surface area is 206 Å². The number of amides is 3. The maximum Gasteiger partial charge on any atom is 0.262 e. The predicted octanol–water partition coefficient (Wildman–Crippen LogP) is 3.52. The van der Waals surface area contributed by atoms with Crippen molar-refractivity contribution in [1.82, 2.24) is 25.1 Å². The molecular formula is C27H22N6O3. The molecule has 1 unspecified atom stereocenters. The Morgan fingerprint density at radius 2 is 1.61 bits per heavy atom. The third-order valence-electron chi connectivity index (χ3n) is 6.49. The number of nitrogens with zero attached hydrogens (tertiary/aromatic N) is 5. The highest BCUT2D eigenvalue weighted by Gasteiger charge is 2.42. The fraction of sp³-hybridized carbons (Fsp3) is 0.185. The first kappa shape index (κ1) is 21.8. The van der Waals surface area contributed by atoms with Crippen molar-refractivity contribution < 1.29 is 14.4 Å². The normalized spacial score (nSPS) is 15.6. The highest BCUT2D eigenvalue weighted by atomic mass is 16.2. The van der Waals surface area contributed by atoms with Gasteiger partial charge in [0.1, 0.15) is 6.04 Å². The fourth-order valence-electron chi connectivity index (χ4n) is 4.54. The number of rotatable bonds is 7. The summed E-state index contributed by atoms with van der Waals surface area (Å²) in [5.41, 5.74) is 2.75. The second-order valence-corrected chi connectivity index (χ2v) is 8.98. The third kappa shape index (κ3) is 3.94. The van der Waals surface area contributed by atoms with Gasteiger partial charge in [0.05, 0.1) is 17.2 Å². The zero-order valence-electron chi connectivity index (χ0n) is 19.2. The topological polar surface area (TPSA) is 110 Å². The number of hydrogen-bond acceptors (Lipinski definition) is 6. The Morgan fingerprint density at radius 1 is 0.917 bits per heavy atom. The molecule has 4 aromatic rings. The molecule has 9 nitrogen and oxygen atoms in total. The van der Waals surface area contributed by atoms with Crippen molar-refractivity contribution in [2.24, 2.45) is 0 Å². The Morgan fingerprint density at radius 3 is 2.31 bits per heavy atom. The lowest BCUT2D eigenvalue weighted by atomic mass is 10.0. The highest BCUT2D eigenvalue weighted by molar-refractivity contribution is 6.23. The summed E-state index contributed by atoms with van der Waals surface area (Å²) in [7, 11) is 0. The molecule has 1 fully saturated rings. The van der Waals surface area contributed by atoms with Gasteiger partial charge in [-0.05, 0) is 53.1 Å². The number of fused-ring (bicyclic) bond motifs is 1. The average molecular weight is 479 g/mol. The van der Waals surface area contributed by atoms with Gasteiger partial charge >= 0.3 is 0 Å². The molecule has 1 N–H and O–H groups in total. The van der Waals surface area contributed by atoms with E-state index in [-0.39, 0.29) is 6.42 Å². The lowest BCUT2D eigenvalue weighted by Gasteiger charge is -2.25. The summed E-state index contributed by atoms with van der Waals surface area (Å²) < 4.78 is 1.80. The summed E-state index contributed by atoms with van der Waals surface area (Å²) in [5.74, 6) is -0.754. The average Bonchev–Trinajstić information content (AvgIpc) is 3.58. The number of aromatic nitrogens is 4. The van der Waals surface area contributed by atoms with Crippen LogP contribution < -0.4 is 5.32 Å². The quantitative estimate of drug-likeness (QED) is 0.407. The van der Waals surface area contributed by atoms with Crippen molar-refractivity contribution in [2.75, 3.05) is 5.32 Å². The number of imide groups is 1. The third-order valence-corrected chi connectivity index (χ3v) is 6.49. The van der Waals surface area contributed by atoms with Gasteiger partial charge in [-0.3, -0.25) is 19.3 Å². The van der Waals surface area contributed by atoms with Gasteiger partial charge < -0.3 is 5.32 Å². The minimum Gasteiger partial charge on any atom is -0.324 e. The second kappa shape index (κ2) is 8.84. The molecule has 36 heavy (non-hydrogen) atoms. The minimum absolute atomic E-state index is 0.192. The number of benzene rings is 3. The molecule has 2 heterocycles. The van der Waals surface area contributed by atoms with Crippen molar-refractivity contribution in [2.45, 2.75) is 31.3 Å². The first-order valence-corrected chi connectivity index (χ1v) is 11.8. The van der Waals surface area contributed by atoms with E-state index < -0.39 is 23.8 Å². The van der Waals surface area contributed by atoms with Crippen molar-refractivity contribution in [1.29, 1.82) is 0 Å². The van der Waals surface area contributed by atoms with Gasteiger partial charge in [-0.25, -0.2) is 4.68 Å². The molecule has 2 aliphatic rings. The summed E-state index contributed by atoms with van der Waals surface area (Å²) in [5, 5.41) is 15.0. The number of tetrazole rings is 1. The molecule has 0 radical (unpaired) electrons. The molecule has 1 atom stereocenters. The summed E-state index contributed by atoms with van der Waals surface area (Å²) in [4.78, 5) is 41.1. The molecule has 1 aliphatic carbocycles. The van der Waals surface area contributed by atoms with Gasteiger partial charge in [0.15, 0.2) is 5.82 Å². The van der Waals surface area contributed by atoms with E-state index in [1.807, 2.05) is 42.5 Å². The van der Waals surface area contributed by atoms with Crippen LogP contribution in [0.1, 0.15) is 45.2 Å². The first-order valence-electron chi connectivity index (χ1n) is 11.8. The van der Waals surface area contributed by atoms with Crippen LogP contribution in [0, 0.1) is 0 Å². The standard InChI is InChI=1S/C27H22N6O3/c34-25(28-19-10-6-9-18(16-19)24-29-30-31-33(24)20-13-14-20)23(15-17-7-2-1-3-8-17)32-26(35)21-11-4-5-12-22(21)27(32)36/h1-12,16,20,23H,13-15H2,(H,28,34). The Kier molecular flexibility index (Phi) is 5.37. The number of carbonyl (C=O) groups excluding carboxylic acids is 3. The van der Waals surface area contributed by atoms with Crippen molar-refractivity contribution in [3.63, 3.8) is 0 Å². The number of anilines is 1. The zero-order valence-corrected chi connectivity index (χ0v) is 19.2. The summed E-state index contributed by atoms with van der Waals surface area (Å²) in [6.07, 6.45) is 2.27. The van der Waals surface area contributed by atoms with Crippen molar-refractivity contribution in [3.05, 3.63) is 95.6 Å². The summed E-state index contributed by atoms with van der Waals surface area (Å²) >= 11 is 0. The number of nitrogens with one attached hydrogen (secondary N) is 1.